The molecule has 0 aliphatic heterocycles. The first-order chi connectivity index (χ1) is 5.38. The van der Waals surface area contributed by atoms with Gasteiger partial charge in [-0.25, -0.2) is 0 Å². The Labute approximate surface area is 83.8 Å². The summed E-state index contributed by atoms with van der Waals surface area (Å²) in [7, 11) is 1.68. The molecule has 1 aromatic rings. The SMILES string of the molecule is Br.C=CCc1ccccc1OC. The highest BCUT2D eigenvalue weighted by Gasteiger charge is 1.96. The average molecular weight is 229 g/mol. The van der Waals surface area contributed by atoms with Crippen LogP contribution in [0.3, 0.4) is 0 Å². The Morgan fingerprint density at radius 1 is 1.42 bits per heavy atom. The molecule has 12 heavy (non-hydrogen) atoms. The van der Waals surface area contributed by atoms with Gasteiger partial charge in [0, 0.05) is 0 Å². The van der Waals surface area contributed by atoms with Gasteiger partial charge < -0.3 is 4.74 Å². The smallest absolute Gasteiger partial charge is 0.122 e. The highest BCUT2D eigenvalue weighted by atomic mass is 79.9. The van der Waals surface area contributed by atoms with Gasteiger partial charge in [0.1, 0.15) is 5.75 Å². The average Bonchev–Trinajstić information content (AvgIpc) is 2.06. The van der Waals surface area contributed by atoms with Gasteiger partial charge in [-0.05, 0) is 18.1 Å². The third-order valence-electron chi connectivity index (χ3n) is 1.56. The number of rotatable bonds is 3. The molecule has 0 atom stereocenters. The maximum atomic E-state index is 5.15. The zero-order chi connectivity index (χ0) is 8.10. The Balaban J connectivity index is 0.00000121. The minimum atomic E-state index is 0. The van der Waals surface area contributed by atoms with Crippen LogP contribution in [-0.2, 0) is 6.42 Å². The fourth-order valence-corrected chi connectivity index (χ4v) is 1.03. The lowest BCUT2D eigenvalue weighted by molar-refractivity contribution is 0.410. The maximum Gasteiger partial charge on any atom is 0.122 e. The Kier molecular flexibility index (Phi) is 5.47. The molecule has 2 heteroatoms. The van der Waals surface area contributed by atoms with Gasteiger partial charge in [0.25, 0.3) is 0 Å². The van der Waals surface area contributed by atoms with Gasteiger partial charge in [0.2, 0.25) is 0 Å². The highest BCUT2D eigenvalue weighted by molar-refractivity contribution is 8.93. The molecule has 0 aliphatic carbocycles. The number of allylic oxidation sites excluding steroid dienone is 1. The van der Waals surface area contributed by atoms with Crippen LogP contribution in [0.1, 0.15) is 5.56 Å². The molecule has 1 aromatic carbocycles. The normalized spacial score (nSPS) is 8.42. The number of hydrogen-bond acceptors (Lipinski definition) is 1. The summed E-state index contributed by atoms with van der Waals surface area (Å²) in [5, 5.41) is 0. The molecule has 0 aliphatic rings. The van der Waals surface area contributed by atoms with Gasteiger partial charge in [-0.15, -0.1) is 23.6 Å². The van der Waals surface area contributed by atoms with E-state index in [9.17, 15) is 0 Å². The third-order valence-corrected chi connectivity index (χ3v) is 1.56. The molecule has 0 spiro atoms. The Bertz CT molecular complexity index is 245. The standard InChI is InChI=1S/C10H12O.BrH/c1-3-6-9-7-4-5-8-10(9)11-2;/h3-5,7-8H,1,6H2,2H3;1H. The summed E-state index contributed by atoms with van der Waals surface area (Å²) in [6, 6.07) is 7.96. The van der Waals surface area contributed by atoms with Crippen molar-refractivity contribution in [3.8, 4) is 5.75 Å². The van der Waals surface area contributed by atoms with E-state index in [0.717, 1.165) is 12.2 Å². The topological polar surface area (TPSA) is 9.23 Å². The zero-order valence-corrected chi connectivity index (χ0v) is 8.83. The van der Waals surface area contributed by atoms with E-state index in [-0.39, 0.29) is 17.0 Å². The van der Waals surface area contributed by atoms with E-state index in [2.05, 4.69) is 6.58 Å². The lowest BCUT2D eigenvalue weighted by Crippen LogP contribution is -1.88. The van der Waals surface area contributed by atoms with Gasteiger partial charge in [-0.3, -0.25) is 0 Å². The fraction of sp³-hybridized carbons (Fsp3) is 0.200. The maximum absolute atomic E-state index is 5.15. The molecule has 0 N–H and O–H groups in total. The first-order valence-electron chi connectivity index (χ1n) is 3.61. The second-order valence-electron chi connectivity index (χ2n) is 2.30. The molecule has 0 heterocycles. The van der Waals surface area contributed by atoms with Crippen LogP contribution in [0.4, 0.5) is 0 Å². The molecule has 0 radical (unpaired) electrons. The Hall–Kier alpha value is -0.760. The van der Waals surface area contributed by atoms with E-state index in [1.54, 1.807) is 7.11 Å². The summed E-state index contributed by atoms with van der Waals surface area (Å²) in [4.78, 5) is 0. The van der Waals surface area contributed by atoms with Crippen LogP contribution in [0.25, 0.3) is 0 Å². The predicted molar refractivity (Wildman–Crippen MR) is 57.2 cm³/mol. The Morgan fingerprint density at radius 3 is 2.67 bits per heavy atom. The van der Waals surface area contributed by atoms with Crippen molar-refractivity contribution < 1.29 is 4.74 Å². The molecule has 0 bridgehead atoms. The summed E-state index contributed by atoms with van der Waals surface area (Å²) in [6.07, 6.45) is 2.74. The van der Waals surface area contributed by atoms with Crippen LogP contribution in [0.5, 0.6) is 5.75 Å². The van der Waals surface area contributed by atoms with Crippen LogP contribution in [0.15, 0.2) is 36.9 Å². The molecule has 1 rings (SSSR count). The van der Waals surface area contributed by atoms with Gasteiger partial charge in [-0.1, -0.05) is 24.3 Å². The summed E-state index contributed by atoms with van der Waals surface area (Å²) in [6.45, 7) is 3.68. The minimum absolute atomic E-state index is 0. The quantitative estimate of drug-likeness (QED) is 0.724. The number of methoxy groups -OCH3 is 1. The molecule has 66 valence electrons. The molecular formula is C10H13BrO. The molecular weight excluding hydrogens is 216 g/mol. The lowest BCUT2D eigenvalue weighted by Gasteiger charge is -2.04. The van der Waals surface area contributed by atoms with Crippen molar-refractivity contribution in [2.45, 2.75) is 6.42 Å². The van der Waals surface area contributed by atoms with Gasteiger partial charge in [0.05, 0.1) is 7.11 Å². The van der Waals surface area contributed by atoms with Crippen molar-refractivity contribution in [2.24, 2.45) is 0 Å². The van der Waals surface area contributed by atoms with Crippen molar-refractivity contribution in [3.05, 3.63) is 42.5 Å². The van der Waals surface area contributed by atoms with Crippen LogP contribution in [0, 0.1) is 0 Å². The van der Waals surface area contributed by atoms with Crippen LogP contribution in [-0.4, -0.2) is 7.11 Å². The zero-order valence-electron chi connectivity index (χ0n) is 7.12. The number of halogens is 1. The van der Waals surface area contributed by atoms with E-state index < -0.39 is 0 Å². The van der Waals surface area contributed by atoms with Gasteiger partial charge >= 0.3 is 0 Å². The molecule has 0 unspecified atom stereocenters. The van der Waals surface area contributed by atoms with Crippen LogP contribution in [0.2, 0.25) is 0 Å². The van der Waals surface area contributed by atoms with Crippen molar-refractivity contribution >= 4 is 17.0 Å². The molecule has 0 aromatic heterocycles. The second kappa shape index (κ2) is 5.84. The third kappa shape index (κ3) is 2.70. The summed E-state index contributed by atoms with van der Waals surface area (Å²) in [5.74, 6) is 0.937. The fourth-order valence-electron chi connectivity index (χ4n) is 1.03. The Morgan fingerprint density at radius 2 is 2.08 bits per heavy atom. The van der Waals surface area contributed by atoms with Crippen molar-refractivity contribution in [3.63, 3.8) is 0 Å². The number of hydrogen-bond donors (Lipinski definition) is 0. The molecule has 0 saturated heterocycles. The van der Waals surface area contributed by atoms with Crippen molar-refractivity contribution in [1.82, 2.24) is 0 Å². The van der Waals surface area contributed by atoms with Gasteiger partial charge in [-0.2, -0.15) is 0 Å². The van der Waals surface area contributed by atoms with Gasteiger partial charge in [0.15, 0.2) is 0 Å². The van der Waals surface area contributed by atoms with Crippen LogP contribution < -0.4 is 4.74 Å². The van der Waals surface area contributed by atoms with Crippen molar-refractivity contribution in [2.75, 3.05) is 7.11 Å². The van der Waals surface area contributed by atoms with Crippen molar-refractivity contribution in [1.29, 1.82) is 0 Å². The molecule has 0 amide bonds. The largest absolute Gasteiger partial charge is 0.496 e. The summed E-state index contributed by atoms with van der Waals surface area (Å²) in [5.41, 5.74) is 1.19. The molecule has 0 fully saturated rings. The van der Waals surface area contributed by atoms with E-state index >= 15 is 0 Å². The van der Waals surface area contributed by atoms with E-state index in [1.165, 1.54) is 5.56 Å². The molecule has 0 saturated carbocycles. The highest BCUT2D eigenvalue weighted by Crippen LogP contribution is 2.17. The number of para-hydroxylation sites is 1. The van der Waals surface area contributed by atoms with E-state index in [0.29, 0.717) is 0 Å². The number of benzene rings is 1. The van der Waals surface area contributed by atoms with Crippen LogP contribution >= 0.6 is 17.0 Å². The number of ether oxygens (including phenoxy) is 1. The van der Waals surface area contributed by atoms with E-state index in [4.69, 9.17) is 4.74 Å². The van der Waals surface area contributed by atoms with E-state index in [1.807, 2.05) is 30.3 Å². The first kappa shape index (κ1) is 11.2. The lowest BCUT2D eigenvalue weighted by atomic mass is 10.1. The first-order valence-corrected chi connectivity index (χ1v) is 3.61. The summed E-state index contributed by atoms with van der Waals surface area (Å²) >= 11 is 0. The summed E-state index contributed by atoms with van der Waals surface area (Å²) < 4.78 is 5.15. The monoisotopic (exact) mass is 228 g/mol. The molecule has 1 nitrogen and oxygen atoms in total. The predicted octanol–water partition coefficient (Wildman–Crippen LogP) is 3.00. The second-order valence-corrected chi connectivity index (χ2v) is 2.30. The minimum Gasteiger partial charge on any atom is -0.496 e.